The van der Waals surface area contributed by atoms with E-state index in [1.165, 1.54) is 17.5 Å². The quantitative estimate of drug-likeness (QED) is 0.803. The van der Waals surface area contributed by atoms with E-state index >= 15 is 0 Å². The molecule has 0 bridgehead atoms. The van der Waals surface area contributed by atoms with Crippen molar-refractivity contribution in [3.05, 3.63) is 53.3 Å². The molecule has 3 rings (SSSR count). The van der Waals surface area contributed by atoms with Crippen LogP contribution in [-0.2, 0) is 14.8 Å². The summed E-state index contributed by atoms with van der Waals surface area (Å²) >= 11 is 0. The second kappa shape index (κ2) is 8.51. The summed E-state index contributed by atoms with van der Waals surface area (Å²) in [6, 6.07) is 9.12. The van der Waals surface area contributed by atoms with E-state index in [0.717, 1.165) is 23.3 Å². The molecule has 0 aromatic heterocycles. The molecule has 1 heterocycles. The van der Waals surface area contributed by atoms with Gasteiger partial charge < -0.3 is 10.1 Å². The topological polar surface area (TPSA) is 75.7 Å². The van der Waals surface area contributed by atoms with Crippen molar-refractivity contribution in [3.63, 3.8) is 0 Å². The zero-order valence-electron chi connectivity index (χ0n) is 16.7. The van der Waals surface area contributed by atoms with Gasteiger partial charge in [0, 0.05) is 18.8 Å². The van der Waals surface area contributed by atoms with Gasteiger partial charge in [0.15, 0.2) is 0 Å². The predicted molar refractivity (Wildman–Crippen MR) is 109 cm³/mol. The fourth-order valence-electron chi connectivity index (χ4n) is 3.55. The van der Waals surface area contributed by atoms with E-state index in [2.05, 4.69) is 5.32 Å². The van der Waals surface area contributed by atoms with Crippen LogP contribution in [0.25, 0.3) is 0 Å². The Morgan fingerprint density at radius 1 is 1.21 bits per heavy atom. The van der Waals surface area contributed by atoms with Crippen LogP contribution in [0.2, 0.25) is 0 Å². The van der Waals surface area contributed by atoms with E-state index in [-0.39, 0.29) is 29.6 Å². The first-order valence-corrected chi connectivity index (χ1v) is 10.9. The lowest BCUT2D eigenvalue weighted by Gasteiger charge is -2.31. The molecule has 1 aliphatic rings. The molecule has 8 heteroatoms. The second-order valence-electron chi connectivity index (χ2n) is 7.31. The van der Waals surface area contributed by atoms with Gasteiger partial charge in [-0.3, -0.25) is 4.79 Å². The van der Waals surface area contributed by atoms with Crippen molar-refractivity contribution in [1.29, 1.82) is 0 Å². The highest BCUT2D eigenvalue weighted by Crippen LogP contribution is 2.31. The number of carbonyl (C=O) groups is 1. The average Bonchev–Trinajstić information content (AvgIpc) is 2.70. The minimum atomic E-state index is -3.99. The van der Waals surface area contributed by atoms with Gasteiger partial charge in [-0.2, -0.15) is 4.31 Å². The summed E-state index contributed by atoms with van der Waals surface area (Å²) in [7, 11) is -2.66. The summed E-state index contributed by atoms with van der Waals surface area (Å²) in [5.74, 6) is -1.29. The summed E-state index contributed by atoms with van der Waals surface area (Å²) < 4.78 is 46.2. The Labute approximate surface area is 170 Å². The normalized spacial score (nSPS) is 17.7. The number of anilines is 1. The number of aryl methyl sites for hydroxylation is 2. The van der Waals surface area contributed by atoms with Gasteiger partial charge >= 0.3 is 0 Å². The number of piperidine rings is 1. The molecule has 2 aromatic rings. The standard InChI is InChI=1S/C21H25FN2O4S/c1-14-6-8-18(15(2)11-14)23-21(25)16-5-4-10-24(13-16)29(26,27)20-12-17(22)7-9-19(20)28-3/h6-9,11-12,16H,4-5,10,13H2,1-3H3,(H,23,25)/t16-/m1/s1. The van der Waals surface area contributed by atoms with Crippen LogP contribution in [0.3, 0.4) is 0 Å². The van der Waals surface area contributed by atoms with Crippen molar-refractivity contribution in [2.45, 2.75) is 31.6 Å². The molecular weight excluding hydrogens is 395 g/mol. The molecule has 0 radical (unpaired) electrons. The Kier molecular flexibility index (Phi) is 6.24. The van der Waals surface area contributed by atoms with E-state index in [1.807, 2.05) is 32.0 Å². The molecular formula is C21H25FN2O4S. The number of nitrogens with zero attached hydrogens (tertiary/aromatic N) is 1. The number of hydrogen-bond acceptors (Lipinski definition) is 4. The van der Waals surface area contributed by atoms with Gasteiger partial charge in [0.05, 0.1) is 13.0 Å². The Bertz CT molecular complexity index is 1020. The van der Waals surface area contributed by atoms with Crippen LogP contribution < -0.4 is 10.1 Å². The zero-order valence-corrected chi connectivity index (χ0v) is 17.6. The highest BCUT2D eigenvalue weighted by Gasteiger charge is 2.35. The minimum absolute atomic E-state index is 0.0404. The van der Waals surface area contributed by atoms with Crippen molar-refractivity contribution < 1.29 is 22.3 Å². The van der Waals surface area contributed by atoms with Crippen LogP contribution in [0.15, 0.2) is 41.3 Å². The first-order valence-electron chi connectivity index (χ1n) is 9.44. The van der Waals surface area contributed by atoms with Crippen molar-refractivity contribution in [2.24, 2.45) is 5.92 Å². The monoisotopic (exact) mass is 420 g/mol. The van der Waals surface area contributed by atoms with E-state index in [4.69, 9.17) is 4.74 Å². The first-order chi connectivity index (χ1) is 13.7. The van der Waals surface area contributed by atoms with Gasteiger partial charge in [-0.25, -0.2) is 12.8 Å². The number of halogens is 1. The fraction of sp³-hybridized carbons (Fsp3) is 0.381. The number of sulfonamides is 1. The van der Waals surface area contributed by atoms with Crippen LogP contribution in [0.1, 0.15) is 24.0 Å². The van der Waals surface area contributed by atoms with Gasteiger partial charge in [-0.05, 0) is 56.5 Å². The van der Waals surface area contributed by atoms with Crippen molar-refractivity contribution >= 4 is 21.6 Å². The molecule has 0 saturated carbocycles. The van der Waals surface area contributed by atoms with E-state index in [1.54, 1.807) is 0 Å². The summed E-state index contributed by atoms with van der Waals surface area (Å²) in [5.41, 5.74) is 2.76. The third kappa shape index (κ3) is 4.59. The Balaban J connectivity index is 1.79. The summed E-state index contributed by atoms with van der Waals surface area (Å²) in [6.45, 7) is 4.20. The van der Waals surface area contributed by atoms with E-state index < -0.39 is 21.8 Å². The average molecular weight is 421 g/mol. The number of ether oxygens (including phenoxy) is 1. The van der Waals surface area contributed by atoms with Crippen LogP contribution in [0, 0.1) is 25.6 Å². The lowest BCUT2D eigenvalue weighted by atomic mass is 9.98. The van der Waals surface area contributed by atoms with Crippen LogP contribution in [-0.4, -0.2) is 38.8 Å². The number of benzene rings is 2. The molecule has 1 fully saturated rings. The maximum Gasteiger partial charge on any atom is 0.246 e. The number of amides is 1. The van der Waals surface area contributed by atoms with Crippen LogP contribution >= 0.6 is 0 Å². The van der Waals surface area contributed by atoms with Gasteiger partial charge in [0.2, 0.25) is 15.9 Å². The zero-order chi connectivity index (χ0) is 21.2. The minimum Gasteiger partial charge on any atom is -0.495 e. The molecule has 1 saturated heterocycles. The van der Waals surface area contributed by atoms with Gasteiger partial charge in [-0.1, -0.05) is 17.7 Å². The third-order valence-corrected chi connectivity index (χ3v) is 7.02. The largest absolute Gasteiger partial charge is 0.495 e. The van der Waals surface area contributed by atoms with Crippen LogP contribution in [0.4, 0.5) is 10.1 Å². The maximum atomic E-state index is 13.7. The molecule has 1 atom stereocenters. The number of carbonyl (C=O) groups excluding carboxylic acids is 1. The summed E-state index contributed by atoms with van der Waals surface area (Å²) in [6.07, 6.45) is 1.13. The number of rotatable bonds is 5. The molecule has 1 aliphatic heterocycles. The van der Waals surface area contributed by atoms with Crippen molar-refractivity contribution in [2.75, 3.05) is 25.5 Å². The molecule has 29 heavy (non-hydrogen) atoms. The van der Waals surface area contributed by atoms with Gasteiger partial charge in [-0.15, -0.1) is 0 Å². The maximum absolute atomic E-state index is 13.7. The molecule has 0 unspecified atom stereocenters. The third-order valence-electron chi connectivity index (χ3n) is 5.14. The fourth-order valence-corrected chi connectivity index (χ4v) is 5.25. The number of nitrogens with one attached hydrogen (secondary N) is 1. The summed E-state index contributed by atoms with van der Waals surface area (Å²) in [5, 5.41) is 2.91. The van der Waals surface area contributed by atoms with Crippen LogP contribution in [0.5, 0.6) is 5.75 Å². The summed E-state index contributed by atoms with van der Waals surface area (Å²) in [4.78, 5) is 12.5. The van der Waals surface area contributed by atoms with E-state index in [0.29, 0.717) is 18.5 Å². The SMILES string of the molecule is COc1ccc(F)cc1S(=O)(=O)N1CCC[C@@H](C(=O)Nc2ccc(C)cc2C)C1. The molecule has 0 aliphatic carbocycles. The Morgan fingerprint density at radius 2 is 1.97 bits per heavy atom. The molecule has 2 aromatic carbocycles. The highest BCUT2D eigenvalue weighted by atomic mass is 32.2. The Morgan fingerprint density at radius 3 is 2.66 bits per heavy atom. The molecule has 1 amide bonds. The molecule has 156 valence electrons. The lowest BCUT2D eigenvalue weighted by molar-refractivity contribution is -0.120. The number of methoxy groups -OCH3 is 1. The van der Waals surface area contributed by atoms with Crippen molar-refractivity contribution in [3.8, 4) is 5.75 Å². The predicted octanol–water partition coefficient (Wildman–Crippen LogP) is 3.49. The molecule has 1 N–H and O–H groups in total. The number of hydrogen-bond donors (Lipinski definition) is 1. The van der Waals surface area contributed by atoms with Gasteiger partial charge in [0.1, 0.15) is 16.5 Å². The molecule has 6 nitrogen and oxygen atoms in total. The molecule has 0 spiro atoms. The smallest absolute Gasteiger partial charge is 0.246 e. The Hall–Kier alpha value is -2.45. The first kappa shape index (κ1) is 21.3. The van der Waals surface area contributed by atoms with Crippen molar-refractivity contribution in [1.82, 2.24) is 4.31 Å². The lowest BCUT2D eigenvalue weighted by Crippen LogP contribution is -2.43. The van der Waals surface area contributed by atoms with E-state index in [9.17, 15) is 17.6 Å². The van der Waals surface area contributed by atoms with Gasteiger partial charge in [0.25, 0.3) is 0 Å². The second-order valence-corrected chi connectivity index (χ2v) is 9.21. The highest BCUT2D eigenvalue weighted by molar-refractivity contribution is 7.89.